The van der Waals surface area contributed by atoms with Crippen molar-refractivity contribution in [3.8, 4) is 11.5 Å². The molecule has 27 heteroatoms. The zero-order valence-corrected chi connectivity index (χ0v) is 57.2. The third-order valence-electron chi connectivity index (χ3n) is 15.7. The van der Waals surface area contributed by atoms with Gasteiger partial charge in [0, 0.05) is 67.1 Å². The maximum atomic E-state index is 14.2. The predicted octanol–water partition coefficient (Wildman–Crippen LogP) is 9.79. The standard InChI is InChI=1S/C36H43F2N3O8S.C34H42F2N4O6S/c1-23(42)26-17-27(19-30(18-26)41-11-6-7-12-50(41,46)47)34(44)39-32(16-25-13-28(37)20-29(38)14-25)33(43)22-40(35(45)49-36(2,3)4)21-24-9-8-10-31(15-24)48-5;1-4-11-46-39-23(2)26-17-27(19-30(18-26)40-10-5-6-12-47(40,43)44)34(42)38-32(16-25-13-28(35)20-29(36)14-25)33(41)22-37-21-24-8-7-9-31(15-24)45-3/h8-10,13-15,17-20,32-33,43H,6-7,11-12,16,21-22H2,1-5H3,(H,39,44);7-9,13-15,17-20,32-33,37,41H,4-6,10-12,16,21-22H2,1-3H3,(H,38,42)/b;39-23+/t2*32-,33+/m00/s1. The number of carbonyl (C=O) groups excluding carboxylic acids is 4. The van der Waals surface area contributed by atoms with Gasteiger partial charge in [-0.05, 0) is 187 Å². The number of carbonyl (C=O) groups is 4. The zero-order chi connectivity index (χ0) is 70.8. The van der Waals surface area contributed by atoms with E-state index in [0.717, 1.165) is 42.3 Å². The largest absolute Gasteiger partial charge is 0.497 e. The molecule has 2 saturated heterocycles. The van der Waals surface area contributed by atoms with Gasteiger partial charge in [-0.2, -0.15) is 0 Å². The maximum Gasteiger partial charge on any atom is 0.410 e. The highest BCUT2D eigenvalue weighted by molar-refractivity contribution is 7.93. The highest BCUT2D eigenvalue weighted by atomic mass is 32.2. The van der Waals surface area contributed by atoms with Crippen molar-refractivity contribution in [1.29, 1.82) is 0 Å². The van der Waals surface area contributed by atoms with E-state index >= 15 is 0 Å². The minimum Gasteiger partial charge on any atom is -0.497 e. The molecular weight excluding hydrogens is 1300 g/mol. The molecule has 0 aliphatic carbocycles. The molecule has 5 N–H and O–H groups in total. The molecular formula is C70H85F4N7O14S2. The number of nitrogens with zero attached hydrogens (tertiary/aromatic N) is 4. The molecule has 2 fully saturated rings. The Labute approximate surface area is 564 Å². The molecule has 6 aromatic carbocycles. The third kappa shape index (κ3) is 22.7. The Balaban J connectivity index is 0.000000274. The fourth-order valence-electron chi connectivity index (χ4n) is 10.8. The number of rotatable bonds is 27. The molecule has 0 saturated carbocycles. The first kappa shape index (κ1) is 75.7. The first-order valence-corrected chi connectivity index (χ1v) is 35.0. The SMILES string of the molecule is CCCO/N=C(\C)c1cc(C(=O)N[C@@H](Cc2cc(F)cc(F)c2)[C@H](O)CNCc2cccc(OC)c2)cc(N2CCCCS2(=O)=O)c1.COc1cccc(CN(C[C@@H](O)[C@H](Cc2cc(F)cc(F)c2)NC(=O)c2cc(C(C)=O)cc(N3CCCCS3(=O)=O)c2)C(=O)OC(C)(C)C)c1. The van der Waals surface area contributed by atoms with Crippen molar-refractivity contribution < 1.29 is 82.8 Å². The first-order valence-electron chi connectivity index (χ1n) is 31.7. The molecule has 0 spiro atoms. The van der Waals surface area contributed by atoms with Crippen molar-refractivity contribution in [3.63, 3.8) is 0 Å². The number of methoxy groups -OCH3 is 2. The Morgan fingerprint density at radius 1 is 0.608 bits per heavy atom. The molecule has 4 atom stereocenters. The normalized spacial score (nSPS) is 15.7. The molecule has 2 aliphatic heterocycles. The summed E-state index contributed by atoms with van der Waals surface area (Å²) in [6.45, 7) is 10.8. The van der Waals surface area contributed by atoms with Gasteiger partial charge in [0.1, 0.15) is 47.0 Å². The topological polar surface area (TPSA) is 272 Å². The highest BCUT2D eigenvalue weighted by Crippen LogP contribution is 2.30. The minimum atomic E-state index is -3.69. The molecule has 8 rings (SSSR count). The summed E-state index contributed by atoms with van der Waals surface area (Å²) in [6, 6.07) is 26.7. The van der Waals surface area contributed by atoms with Gasteiger partial charge in [0.15, 0.2) is 5.78 Å². The van der Waals surface area contributed by atoms with Crippen LogP contribution in [0.25, 0.3) is 0 Å². The molecule has 2 aliphatic rings. The van der Waals surface area contributed by atoms with Crippen LogP contribution in [0, 0.1) is 23.3 Å². The van der Waals surface area contributed by atoms with Crippen LogP contribution in [-0.2, 0) is 55.6 Å². The van der Waals surface area contributed by atoms with Crippen molar-refractivity contribution in [3.05, 3.63) is 189 Å². The summed E-state index contributed by atoms with van der Waals surface area (Å²) >= 11 is 0. The number of halogens is 4. The number of ether oxygens (including phenoxy) is 3. The Morgan fingerprint density at radius 2 is 1.07 bits per heavy atom. The lowest BCUT2D eigenvalue weighted by atomic mass is 9.99. The Kier molecular flexibility index (Phi) is 27.0. The van der Waals surface area contributed by atoms with Crippen molar-refractivity contribution >= 4 is 60.8 Å². The molecule has 0 bridgehead atoms. The van der Waals surface area contributed by atoms with E-state index in [9.17, 15) is 63.8 Å². The van der Waals surface area contributed by atoms with E-state index in [2.05, 4.69) is 21.1 Å². The van der Waals surface area contributed by atoms with Crippen LogP contribution in [0.2, 0.25) is 0 Å². The van der Waals surface area contributed by atoms with Crippen LogP contribution >= 0.6 is 0 Å². The van der Waals surface area contributed by atoms with Crippen LogP contribution in [0.3, 0.4) is 0 Å². The quantitative estimate of drug-likeness (QED) is 0.0106. The van der Waals surface area contributed by atoms with Gasteiger partial charge in [0.2, 0.25) is 20.0 Å². The molecule has 524 valence electrons. The van der Waals surface area contributed by atoms with E-state index in [1.165, 1.54) is 51.8 Å². The molecule has 21 nitrogen and oxygen atoms in total. The van der Waals surface area contributed by atoms with Crippen LogP contribution < -0.4 is 34.0 Å². The number of benzene rings is 6. The van der Waals surface area contributed by atoms with Gasteiger partial charge in [0.05, 0.1) is 73.6 Å². The van der Waals surface area contributed by atoms with Crippen molar-refractivity contribution in [2.45, 2.75) is 129 Å². The summed E-state index contributed by atoms with van der Waals surface area (Å²) in [7, 11) is -4.23. The number of anilines is 2. The number of nitrogens with one attached hydrogen (secondary N) is 3. The molecule has 0 aromatic heterocycles. The summed E-state index contributed by atoms with van der Waals surface area (Å²) in [5, 5.41) is 35.7. The zero-order valence-electron chi connectivity index (χ0n) is 55.6. The lowest BCUT2D eigenvalue weighted by Gasteiger charge is -2.32. The number of aliphatic hydroxyl groups is 2. The fourth-order valence-corrected chi connectivity index (χ4v) is 14.1. The lowest BCUT2D eigenvalue weighted by molar-refractivity contribution is 0.00834. The molecule has 6 aromatic rings. The molecule has 0 radical (unpaired) electrons. The van der Waals surface area contributed by atoms with E-state index in [0.29, 0.717) is 78.9 Å². The number of ketones is 1. The van der Waals surface area contributed by atoms with E-state index in [4.69, 9.17) is 19.0 Å². The molecule has 97 heavy (non-hydrogen) atoms. The van der Waals surface area contributed by atoms with Crippen LogP contribution in [0.15, 0.2) is 126 Å². The van der Waals surface area contributed by atoms with Gasteiger partial charge in [-0.3, -0.25) is 23.0 Å². The minimum absolute atomic E-state index is 0.00728. The van der Waals surface area contributed by atoms with Crippen molar-refractivity contribution in [1.82, 2.24) is 20.9 Å². The van der Waals surface area contributed by atoms with Crippen molar-refractivity contribution in [2.24, 2.45) is 5.16 Å². The average Bonchev–Trinajstić information content (AvgIpc) is 0.798. The monoisotopic (exact) mass is 1390 g/mol. The van der Waals surface area contributed by atoms with Crippen LogP contribution in [0.4, 0.5) is 33.7 Å². The van der Waals surface area contributed by atoms with Crippen LogP contribution in [0.1, 0.15) is 133 Å². The second kappa shape index (κ2) is 34.5. The Bertz CT molecular complexity index is 3970. The first-order chi connectivity index (χ1) is 45.9. The van der Waals surface area contributed by atoms with Crippen LogP contribution in [-0.4, -0.2) is 150 Å². The number of sulfonamides is 2. The molecule has 3 amide bonds. The Morgan fingerprint density at radius 3 is 1.55 bits per heavy atom. The van der Waals surface area contributed by atoms with Gasteiger partial charge in [-0.25, -0.2) is 39.2 Å². The second-order valence-electron chi connectivity index (χ2n) is 24.7. The van der Waals surface area contributed by atoms with E-state index in [1.54, 1.807) is 71.2 Å². The van der Waals surface area contributed by atoms with Crippen LogP contribution in [0.5, 0.6) is 11.5 Å². The van der Waals surface area contributed by atoms with E-state index in [1.807, 2.05) is 31.2 Å². The maximum absolute atomic E-state index is 14.2. The van der Waals surface area contributed by atoms with Gasteiger partial charge in [0.25, 0.3) is 11.8 Å². The van der Waals surface area contributed by atoms with Gasteiger partial charge in [-0.1, -0.05) is 36.3 Å². The van der Waals surface area contributed by atoms with Gasteiger partial charge >= 0.3 is 6.09 Å². The average molecular weight is 1390 g/mol. The summed E-state index contributed by atoms with van der Waals surface area (Å²) in [6.07, 6.45) is -0.768. The van der Waals surface area contributed by atoms with Crippen molar-refractivity contribution in [2.75, 3.05) is 67.1 Å². The van der Waals surface area contributed by atoms with E-state index < -0.39 is 96.9 Å². The summed E-state index contributed by atoms with van der Waals surface area (Å²) < 4.78 is 127. The van der Waals surface area contributed by atoms with E-state index in [-0.39, 0.29) is 90.6 Å². The number of hydrogen-bond donors (Lipinski definition) is 5. The third-order valence-corrected chi connectivity index (χ3v) is 19.4. The number of amides is 3. The lowest BCUT2D eigenvalue weighted by Crippen LogP contribution is -2.51. The molecule has 2 heterocycles. The second-order valence-corrected chi connectivity index (χ2v) is 28.8. The number of Topliss-reactive ketones (excluding diaryl/α,β-unsaturated/α-hetero) is 1. The van der Waals surface area contributed by atoms with Gasteiger partial charge < -0.3 is 50.1 Å². The summed E-state index contributed by atoms with van der Waals surface area (Å²) in [5.41, 5.74) is 2.53. The smallest absolute Gasteiger partial charge is 0.410 e. The Hall–Kier alpha value is -8.63. The number of aliphatic hydroxyl groups excluding tert-OH is 2. The summed E-state index contributed by atoms with van der Waals surface area (Å²) in [4.78, 5) is 60.1. The number of oxime groups is 1. The summed E-state index contributed by atoms with van der Waals surface area (Å²) in [5.74, 6) is -3.98. The fraction of sp³-hybridized carbons (Fsp3) is 0.414. The van der Waals surface area contributed by atoms with Gasteiger partial charge in [-0.15, -0.1) is 0 Å². The predicted molar refractivity (Wildman–Crippen MR) is 361 cm³/mol. The molecule has 0 unspecified atom stereocenters. The highest BCUT2D eigenvalue weighted by Gasteiger charge is 2.33. The number of hydrogen-bond acceptors (Lipinski definition) is 16.